The zero-order valence-electron chi connectivity index (χ0n) is 16.4. The minimum Gasteiger partial charge on any atom is -0.378 e. The van der Waals surface area contributed by atoms with Gasteiger partial charge in [-0.2, -0.15) is 4.98 Å². The number of piperazine rings is 1. The monoisotopic (exact) mass is 374 g/mol. The lowest BCUT2D eigenvalue weighted by molar-refractivity contribution is 0.640. The summed E-state index contributed by atoms with van der Waals surface area (Å²) >= 11 is 0. The Hall–Kier alpha value is -3.28. The van der Waals surface area contributed by atoms with Gasteiger partial charge in [-0.05, 0) is 42.5 Å². The van der Waals surface area contributed by atoms with Crippen LogP contribution >= 0.6 is 0 Å². The lowest BCUT2D eigenvalue weighted by Crippen LogP contribution is -2.47. The standard InChI is InChI=1S/C22H26N6/c1-26(2)19-10-8-18(9-11-19)24-21-12-13-23-22(25-21)28-16-14-27(15-17-28)20-6-4-3-5-7-20/h3-13H,14-17H2,1-2H3,(H,23,24,25). The number of aromatic nitrogens is 2. The van der Waals surface area contributed by atoms with Crippen molar-refractivity contribution >= 4 is 28.8 Å². The molecule has 6 heteroatoms. The predicted molar refractivity (Wildman–Crippen MR) is 117 cm³/mol. The Labute approximate surface area is 166 Å². The molecule has 1 fully saturated rings. The molecule has 1 aromatic heterocycles. The van der Waals surface area contributed by atoms with Crippen LogP contribution in [-0.4, -0.2) is 50.2 Å². The second kappa shape index (κ2) is 8.17. The van der Waals surface area contributed by atoms with Crippen LogP contribution in [0.2, 0.25) is 0 Å². The summed E-state index contributed by atoms with van der Waals surface area (Å²) in [5.74, 6) is 1.59. The van der Waals surface area contributed by atoms with Crippen LogP contribution < -0.4 is 20.0 Å². The molecule has 1 saturated heterocycles. The van der Waals surface area contributed by atoms with E-state index in [9.17, 15) is 0 Å². The van der Waals surface area contributed by atoms with Crippen molar-refractivity contribution in [2.75, 3.05) is 60.3 Å². The highest BCUT2D eigenvalue weighted by molar-refractivity contribution is 5.61. The summed E-state index contributed by atoms with van der Waals surface area (Å²) in [5.41, 5.74) is 3.47. The van der Waals surface area contributed by atoms with E-state index in [4.69, 9.17) is 4.98 Å². The van der Waals surface area contributed by atoms with Crippen LogP contribution in [0.1, 0.15) is 0 Å². The molecule has 0 unspecified atom stereocenters. The minimum absolute atomic E-state index is 0.780. The Kier molecular flexibility index (Phi) is 5.28. The highest BCUT2D eigenvalue weighted by Crippen LogP contribution is 2.21. The van der Waals surface area contributed by atoms with E-state index in [1.165, 1.54) is 11.4 Å². The highest BCUT2D eigenvalue weighted by Gasteiger charge is 2.19. The number of nitrogens with one attached hydrogen (secondary N) is 1. The Morgan fingerprint density at radius 2 is 1.50 bits per heavy atom. The number of rotatable bonds is 5. The second-order valence-corrected chi connectivity index (χ2v) is 7.12. The van der Waals surface area contributed by atoms with Gasteiger partial charge >= 0.3 is 0 Å². The topological polar surface area (TPSA) is 47.5 Å². The van der Waals surface area contributed by atoms with Gasteiger partial charge in [-0.25, -0.2) is 4.98 Å². The Balaban J connectivity index is 1.40. The average molecular weight is 374 g/mol. The van der Waals surface area contributed by atoms with Gasteiger partial charge in [-0.3, -0.25) is 0 Å². The van der Waals surface area contributed by atoms with Crippen LogP contribution in [0.4, 0.5) is 28.8 Å². The number of benzene rings is 2. The maximum Gasteiger partial charge on any atom is 0.227 e. The first-order valence-electron chi connectivity index (χ1n) is 9.61. The number of hydrogen-bond acceptors (Lipinski definition) is 6. The Bertz CT molecular complexity index is 886. The first kappa shape index (κ1) is 18.1. The van der Waals surface area contributed by atoms with Crippen molar-refractivity contribution in [3.8, 4) is 0 Å². The maximum absolute atomic E-state index is 4.72. The van der Waals surface area contributed by atoms with Gasteiger partial charge in [0.1, 0.15) is 5.82 Å². The van der Waals surface area contributed by atoms with Crippen LogP contribution in [0.3, 0.4) is 0 Å². The number of hydrogen-bond donors (Lipinski definition) is 1. The number of anilines is 5. The largest absolute Gasteiger partial charge is 0.378 e. The molecule has 2 aromatic carbocycles. The third-order valence-corrected chi connectivity index (χ3v) is 4.98. The van der Waals surface area contributed by atoms with Gasteiger partial charge in [-0.15, -0.1) is 0 Å². The van der Waals surface area contributed by atoms with Crippen LogP contribution in [-0.2, 0) is 0 Å². The molecule has 0 radical (unpaired) electrons. The lowest BCUT2D eigenvalue weighted by atomic mass is 10.2. The van der Waals surface area contributed by atoms with E-state index < -0.39 is 0 Å². The smallest absolute Gasteiger partial charge is 0.227 e. The first-order valence-corrected chi connectivity index (χ1v) is 9.61. The van der Waals surface area contributed by atoms with Crippen molar-refractivity contribution in [1.29, 1.82) is 0 Å². The molecule has 0 saturated carbocycles. The van der Waals surface area contributed by atoms with Crippen molar-refractivity contribution in [2.24, 2.45) is 0 Å². The molecule has 0 spiro atoms. The lowest BCUT2D eigenvalue weighted by Gasteiger charge is -2.36. The van der Waals surface area contributed by atoms with E-state index in [0.717, 1.165) is 43.6 Å². The SMILES string of the molecule is CN(C)c1ccc(Nc2ccnc(N3CCN(c4ccccc4)CC3)n2)cc1. The van der Waals surface area contributed by atoms with E-state index in [2.05, 4.69) is 79.6 Å². The van der Waals surface area contributed by atoms with Crippen LogP contribution in [0.15, 0.2) is 66.9 Å². The van der Waals surface area contributed by atoms with E-state index in [-0.39, 0.29) is 0 Å². The molecule has 1 aliphatic heterocycles. The molecule has 1 aliphatic rings. The van der Waals surface area contributed by atoms with Crippen molar-refractivity contribution < 1.29 is 0 Å². The molecule has 28 heavy (non-hydrogen) atoms. The molecule has 1 N–H and O–H groups in total. The quantitative estimate of drug-likeness (QED) is 0.736. The van der Waals surface area contributed by atoms with Gasteiger partial charge in [0.25, 0.3) is 0 Å². The Morgan fingerprint density at radius 3 is 2.18 bits per heavy atom. The summed E-state index contributed by atoms with van der Waals surface area (Å²) in [7, 11) is 4.08. The summed E-state index contributed by atoms with van der Waals surface area (Å²) in [4.78, 5) is 16.0. The first-order chi connectivity index (χ1) is 13.7. The molecule has 0 bridgehead atoms. The summed E-state index contributed by atoms with van der Waals surface area (Å²) in [6.07, 6.45) is 1.82. The Morgan fingerprint density at radius 1 is 0.821 bits per heavy atom. The van der Waals surface area contributed by atoms with Gasteiger partial charge in [-0.1, -0.05) is 18.2 Å². The molecular formula is C22H26N6. The molecule has 0 atom stereocenters. The molecule has 6 nitrogen and oxygen atoms in total. The summed E-state index contributed by atoms with van der Waals surface area (Å²) in [5, 5.41) is 3.38. The fraction of sp³-hybridized carbons (Fsp3) is 0.273. The fourth-order valence-corrected chi connectivity index (χ4v) is 3.36. The van der Waals surface area contributed by atoms with E-state index in [1.54, 1.807) is 0 Å². The van der Waals surface area contributed by atoms with Gasteiger partial charge < -0.3 is 20.0 Å². The molecule has 4 rings (SSSR count). The van der Waals surface area contributed by atoms with Crippen LogP contribution in [0.5, 0.6) is 0 Å². The third-order valence-electron chi connectivity index (χ3n) is 4.98. The average Bonchev–Trinajstić information content (AvgIpc) is 2.75. The van der Waals surface area contributed by atoms with E-state index in [0.29, 0.717) is 0 Å². The molecule has 3 aromatic rings. The minimum atomic E-state index is 0.780. The molecule has 144 valence electrons. The van der Waals surface area contributed by atoms with Crippen LogP contribution in [0, 0.1) is 0 Å². The maximum atomic E-state index is 4.72. The normalized spacial score (nSPS) is 14.1. The molecule has 2 heterocycles. The zero-order valence-corrected chi connectivity index (χ0v) is 16.4. The van der Waals surface area contributed by atoms with Gasteiger partial charge in [0.15, 0.2) is 0 Å². The summed E-state index contributed by atoms with van der Waals surface area (Å²) in [6.45, 7) is 3.76. The van der Waals surface area contributed by atoms with Crippen LogP contribution in [0.25, 0.3) is 0 Å². The number of nitrogens with zero attached hydrogens (tertiary/aromatic N) is 5. The summed E-state index contributed by atoms with van der Waals surface area (Å²) in [6, 6.07) is 20.8. The van der Waals surface area contributed by atoms with Crippen molar-refractivity contribution in [3.05, 3.63) is 66.9 Å². The third kappa shape index (κ3) is 4.17. The van der Waals surface area contributed by atoms with Crippen molar-refractivity contribution in [1.82, 2.24) is 9.97 Å². The van der Waals surface area contributed by atoms with Crippen molar-refractivity contribution in [3.63, 3.8) is 0 Å². The van der Waals surface area contributed by atoms with Gasteiger partial charge in [0, 0.05) is 63.5 Å². The molecular weight excluding hydrogens is 348 g/mol. The fourth-order valence-electron chi connectivity index (χ4n) is 3.36. The highest BCUT2D eigenvalue weighted by atomic mass is 15.3. The molecule has 0 amide bonds. The zero-order chi connectivity index (χ0) is 19.3. The molecule has 0 aliphatic carbocycles. The summed E-state index contributed by atoms with van der Waals surface area (Å²) < 4.78 is 0. The van der Waals surface area contributed by atoms with Gasteiger partial charge in [0.05, 0.1) is 0 Å². The van der Waals surface area contributed by atoms with Crippen molar-refractivity contribution in [2.45, 2.75) is 0 Å². The van der Waals surface area contributed by atoms with E-state index >= 15 is 0 Å². The second-order valence-electron chi connectivity index (χ2n) is 7.12. The van der Waals surface area contributed by atoms with Gasteiger partial charge in [0.2, 0.25) is 5.95 Å². The number of para-hydroxylation sites is 1. The van der Waals surface area contributed by atoms with E-state index in [1.807, 2.05) is 26.4 Å². The predicted octanol–water partition coefficient (Wildman–Crippen LogP) is 3.61.